The fraction of sp³-hybridized carbons (Fsp3) is 0.0455. The van der Waals surface area contributed by atoms with Gasteiger partial charge in [0.1, 0.15) is 4.91 Å². The second-order valence-corrected chi connectivity index (χ2v) is 8.87. The van der Waals surface area contributed by atoms with Crippen LogP contribution in [0.2, 0.25) is 0 Å². The predicted octanol–water partition coefficient (Wildman–Crippen LogP) is 5.29. The first-order valence-electron chi connectivity index (χ1n) is 8.29. The lowest BCUT2D eigenvalue weighted by molar-refractivity contribution is 0.104. The summed E-state index contributed by atoms with van der Waals surface area (Å²) in [6.07, 6.45) is 1.44. The van der Waals surface area contributed by atoms with Gasteiger partial charge in [0.25, 0.3) is 0 Å². The van der Waals surface area contributed by atoms with Crippen molar-refractivity contribution >= 4 is 37.6 Å². The van der Waals surface area contributed by atoms with Crippen molar-refractivity contribution in [3.8, 4) is 0 Å². The number of hydrogen-bond donors (Lipinski definition) is 0. The Hall–Kier alpha value is -2.50. The van der Waals surface area contributed by atoms with Crippen molar-refractivity contribution in [2.24, 2.45) is 0 Å². The number of ketones is 1. The van der Waals surface area contributed by atoms with Gasteiger partial charge in [0, 0.05) is 10.0 Å². The molecule has 0 heterocycles. The Morgan fingerprint density at radius 2 is 1.37 bits per heavy atom. The fourth-order valence-electron chi connectivity index (χ4n) is 2.61. The van der Waals surface area contributed by atoms with E-state index in [4.69, 9.17) is 0 Å². The molecular formula is C22H17BrO3S. The van der Waals surface area contributed by atoms with Crippen LogP contribution in [0.1, 0.15) is 21.5 Å². The lowest BCUT2D eigenvalue weighted by atomic mass is 10.1. The predicted molar refractivity (Wildman–Crippen MR) is 112 cm³/mol. The summed E-state index contributed by atoms with van der Waals surface area (Å²) in [5.41, 5.74) is 1.63. The Balaban J connectivity index is 2.06. The number of carbonyl (C=O) groups is 1. The number of sulfone groups is 1. The molecule has 0 aliphatic heterocycles. The molecule has 0 aliphatic carbocycles. The number of allylic oxidation sites excluding steroid dienone is 1. The summed E-state index contributed by atoms with van der Waals surface area (Å²) in [5, 5.41) is 0. The van der Waals surface area contributed by atoms with E-state index in [0.717, 1.165) is 4.47 Å². The van der Waals surface area contributed by atoms with E-state index in [1.807, 2.05) is 6.07 Å². The van der Waals surface area contributed by atoms with Crippen LogP contribution in [0, 0.1) is 0 Å². The van der Waals surface area contributed by atoms with Gasteiger partial charge < -0.3 is 0 Å². The lowest BCUT2D eigenvalue weighted by Crippen LogP contribution is -2.16. The van der Waals surface area contributed by atoms with Crippen LogP contribution < -0.4 is 0 Å². The van der Waals surface area contributed by atoms with Gasteiger partial charge in [-0.05, 0) is 29.3 Å². The Morgan fingerprint density at radius 3 is 1.96 bits per heavy atom. The standard InChI is InChI=1S/C22H17BrO3S/c23-20-13-11-17(12-14-20)15-21(22(24)19-9-5-2-6-10-19)27(25,26)16-18-7-3-1-4-8-18/h1-15H,16H2/b21-15+. The van der Waals surface area contributed by atoms with Gasteiger partial charge in [-0.15, -0.1) is 0 Å². The molecule has 3 rings (SSSR count). The van der Waals surface area contributed by atoms with E-state index in [0.29, 0.717) is 16.7 Å². The molecule has 0 radical (unpaired) electrons. The minimum absolute atomic E-state index is 0.208. The Kier molecular flexibility index (Phi) is 6.04. The number of carbonyl (C=O) groups excluding carboxylic acids is 1. The second-order valence-electron chi connectivity index (χ2n) is 6.00. The first-order chi connectivity index (χ1) is 13.0. The number of rotatable bonds is 6. The zero-order chi connectivity index (χ0) is 19.3. The number of halogens is 1. The number of hydrogen-bond acceptors (Lipinski definition) is 3. The first kappa shape index (κ1) is 19.3. The highest BCUT2D eigenvalue weighted by Gasteiger charge is 2.26. The minimum atomic E-state index is -3.83. The Bertz CT molecular complexity index is 1060. The van der Waals surface area contributed by atoms with Crippen molar-refractivity contribution in [3.63, 3.8) is 0 Å². The molecule has 0 N–H and O–H groups in total. The summed E-state index contributed by atoms with van der Waals surface area (Å²) in [6, 6.07) is 24.5. The third-order valence-electron chi connectivity index (χ3n) is 3.96. The van der Waals surface area contributed by atoms with Crippen molar-refractivity contribution < 1.29 is 13.2 Å². The largest absolute Gasteiger partial charge is 0.288 e. The van der Waals surface area contributed by atoms with Crippen LogP contribution in [0.4, 0.5) is 0 Å². The van der Waals surface area contributed by atoms with Crippen LogP contribution in [0.3, 0.4) is 0 Å². The van der Waals surface area contributed by atoms with Gasteiger partial charge in [0.2, 0.25) is 5.78 Å². The van der Waals surface area contributed by atoms with Gasteiger partial charge in [-0.25, -0.2) is 8.42 Å². The molecule has 0 saturated heterocycles. The molecular weight excluding hydrogens is 424 g/mol. The maximum atomic E-state index is 13.1. The van der Waals surface area contributed by atoms with E-state index in [-0.39, 0.29) is 10.7 Å². The van der Waals surface area contributed by atoms with E-state index in [1.165, 1.54) is 6.08 Å². The summed E-state index contributed by atoms with van der Waals surface area (Å²) >= 11 is 3.36. The van der Waals surface area contributed by atoms with Gasteiger partial charge in [-0.2, -0.15) is 0 Å². The normalized spacial score (nSPS) is 12.0. The van der Waals surface area contributed by atoms with Crippen LogP contribution in [0.15, 0.2) is 94.3 Å². The molecule has 0 aliphatic rings. The average molecular weight is 441 g/mol. The quantitative estimate of drug-likeness (QED) is 0.386. The van der Waals surface area contributed by atoms with Crippen LogP contribution in [0.25, 0.3) is 6.08 Å². The first-order valence-corrected chi connectivity index (χ1v) is 10.7. The van der Waals surface area contributed by atoms with Crippen LogP contribution >= 0.6 is 15.9 Å². The fourth-order valence-corrected chi connectivity index (χ4v) is 4.38. The maximum Gasteiger partial charge on any atom is 0.204 e. The number of benzene rings is 3. The summed E-state index contributed by atoms with van der Waals surface area (Å²) in [6.45, 7) is 0. The summed E-state index contributed by atoms with van der Waals surface area (Å²) < 4.78 is 27.1. The second kappa shape index (κ2) is 8.46. The van der Waals surface area contributed by atoms with E-state index >= 15 is 0 Å². The van der Waals surface area contributed by atoms with Gasteiger partial charge in [0.05, 0.1) is 5.75 Å². The topological polar surface area (TPSA) is 51.2 Å². The lowest BCUT2D eigenvalue weighted by Gasteiger charge is -2.10. The molecule has 0 aromatic heterocycles. The van der Waals surface area contributed by atoms with Crippen LogP contribution in [0.5, 0.6) is 0 Å². The third kappa shape index (κ3) is 5.02. The molecule has 0 spiro atoms. The van der Waals surface area contributed by atoms with Gasteiger partial charge in [0.15, 0.2) is 9.84 Å². The van der Waals surface area contributed by atoms with Crippen molar-refractivity contribution in [2.45, 2.75) is 5.75 Å². The molecule has 0 fully saturated rings. The molecule has 0 saturated carbocycles. The average Bonchev–Trinajstić information content (AvgIpc) is 2.68. The van der Waals surface area contributed by atoms with E-state index in [1.54, 1.807) is 78.9 Å². The molecule has 0 bridgehead atoms. The summed E-state index contributed by atoms with van der Waals surface area (Å²) in [7, 11) is -3.83. The molecule has 0 unspecified atom stereocenters. The molecule has 5 heteroatoms. The molecule has 27 heavy (non-hydrogen) atoms. The highest BCUT2D eigenvalue weighted by Crippen LogP contribution is 2.23. The highest BCUT2D eigenvalue weighted by atomic mass is 79.9. The van der Waals surface area contributed by atoms with E-state index in [2.05, 4.69) is 15.9 Å². The minimum Gasteiger partial charge on any atom is -0.288 e. The highest BCUT2D eigenvalue weighted by molar-refractivity contribution is 9.10. The van der Waals surface area contributed by atoms with E-state index in [9.17, 15) is 13.2 Å². The monoisotopic (exact) mass is 440 g/mol. The summed E-state index contributed by atoms with van der Waals surface area (Å²) in [4.78, 5) is 12.8. The number of Topliss-reactive ketones (excluding diaryl/α,β-unsaturated/α-hetero) is 1. The Labute approximate surface area is 167 Å². The molecule has 136 valence electrons. The van der Waals surface area contributed by atoms with Crippen molar-refractivity contribution in [1.29, 1.82) is 0 Å². The zero-order valence-electron chi connectivity index (χ0n) is 14.4. The summed E-state index contributed by atoms with van der Waals surface area (Å²) in [5.74, 6) is -0.733. The zero-order valence-corrected chi connectivity index (χ0v) is 16.8. The molecule has 3 nitrogen and oxygen atoms in total. The van der Waals surface area contributed by atoms with Crippen molar-refractivity contribution in [2.75, 3.05) is 0 Å². The third-order valence-corrected chi connectivity index (χ3v) is 6.18. The van der Waals surface area contributed by atoms with Crippen LogP contribution in [-0.2, 0) is 15.6 Å². The maximum absolute atomic E-state index is 13.1. The van der Waals surface area contributed by atoms with Gasteiger partial charge in [-0.1, -0.05) is 88.7 Å². The molecule has 0 amide bonds. The van der Waals surface area contributed by atoms with Crippen LogP contribution in [-0.4, -0.2) is 14.2 Å². The smallest absolute Gasteiger partial charge is 0.204 e. The van der Waals surface area contributed by atoms with Crippen molar-refractivity contribution in [3.05, 3.63) is 111 Å². The Morgan fingerprint density at radius 1 is 0.815 bits per heavy atom. The molecule has 3 aromatic rings. The van der Waals surface area contributed by atoms with Crippen molar-refractivity contribution in [1.82, 2.24) is 0 Å². The molecule has 0 atom stereocenters. The van der Waals surface area contributed by atoms with E-state index < -0.39 is 15.6 Å². The SMILES string of the molecule is O=C(/C(=C\c1ccc(Br)cc1)S(=O)(=O)Cc1ccccc1)c1ccccc1. The van der Waals surface area contributed by atoms with Gasteiger partial charge >= 0.3 is 0 Å². The van der Waals surface area contributed by atoms with Gasteiger partial charge in [-0.3, -0.25) is 4.79 Å². The molecule has 3 aromatic carbocycles.